The molecule has 0 amide bonds. The Bertz CT molecular complexity index is 682. The van der Waals surface area contributed by atoms with Crippen molar-refractivity contribution in [3.05, 3.63) is 12.3 Å². The first-order chi connectivity index (χ1) is 13.3. The third-order valence-electron chi connectivity index (χ3n) is 3.23. The number of carbonyl (C=O) groups is 1. The molecule has 0 atom stereocenters. The second-order valence-electron chi connectivity index (χ2n) is 5.41. The van der Waals surface area contributed by atoms with Gasteiger partial charge in [-0.05, 0) is 6.58 Å². The molecule has 0 rings (SSSR count). The van der Waals surface area contributed by atoms with Crippen molar-refractivity contribution in [3.8, 4) is 0 Å². The van der Waals surface area contributed by atoms with Gasteiger partial charge in [-0.25, -0.2) is 4.79 Å². The van der Waals surface area contributed by atoms with Gasteiger partial charge >= 0.3 is 47.7 Å². The van der Waals surface area contributed by atoms with Gasteiger partial charge in [0.05, 0.1) is 0 Å². The van der Waals surface area contributed by atoms with Crippen molar-refractivity contribution < 1.29 is 85.2 Å². The molecule has 0 bridgehead atoms. The Kier molecular flexibility index (Phi) is 7.57. The van der Waals surface area contributed by atoms with Crippen LogP contribution in [0.25, 0.3) is 0 Å². The fraction of sp³-hybridized carbons (Fsp3) is 0.750. The molecular formula is C12H7F15O4. The Morgan fingerprint density at radius 2 is 1.03 bits per heavy atom. The van der Waals surface area contributed by atoms with E-state index in [-0.39, 0.29) is 0 Å². The highest BCUT2D eigenvalue weighted by atomic mass is 19.4. The SMILES string of the molecule is C=C(OCOCC(F)(F)C(F)(F)C(F)(F)C(F)(F)C(F)(F)C(F)(F)C(F)(F)F)C(=O)O. The average molecular weight is 500 g/mol. The topological polar surface area (TPSA) is 55.8 Å². The van der Waals surface area contributed by atoms with Gasteiger partial charge in [-0.3, -0.25) is 0 Å². The van der Waals surface area contributed by atoms with Crippen LogP contribution >= 0.6 is 0 Å². The van der Waals surface area contributed by atoms with E-state index in [1.807, 2.05) is 0 Å². The molecule has 0 aromatic rings. The highest BCUT2D eigenvalue weighted by molar-refractivity contribution is 5.83. The van der Waals surface area contributed by atoms with Gasteiger partial charge in [0.15, 0.2) is 12.6 Å². The van der Waals surface area contributed by atoms with E-state index in [4.69, 9.17) is 5.11 Å². The Morgan fingerprint density at radius 1 is 0.677 bits per heavy atom. The highest BCUT2D eigenvalue weighted by Crippen LogP contribution is 2.62. The molecule has 1 N–H and O–H groups in total. The third-order valence-corrected chi connectivity index (χ3v) is 3.23. The zero-order valence-corrected chi connectivity index (χ0v) is 14.0. The van der Waals surface area contributed by atoms with Crippen LogP contribution in [0.3, 0.4) is 0 Å². The smallest absolute Gasteiger partial charge is 0.460 e. The van der Waals surface area contributed by atoms with Gasteiger partial charge in [0.2, 0.25) is 0 Å². The summed E-state index contributed by atoms with van der Waals surface area (Å²) in [5, 5.41) is 8.22. The lowest BCUT2D eigenvalue weighted by Crippen LogP contribution is -2.73. The Morgan fingerprint density at radius 3 is 1.39 bits per heavy atom. The van der Waals surface area contributed by atoms with Gasteiger partial charge < -0.3 is 14.6 Å². The molecule has 31 heavy (non-hydrogen) atoms. The summed E-state index contributed by atoms with van der Waals surface area (Å²) in [5.41, 5.74) is 0. The summed E-state index contributed by atoms with van der Waals surface area (Å²) in [6.45, 7) is -2.30. The van der Waals surface area contributed by atoms with E-state index in [9.17, 15) is 70.7 Å². The average Bonchev–Trinajstić information content (AvgIpc) is 2.56. The lowest BCUT2D eigenvalue weighted by atomic mass is 9.91. The first-order valence-corrected chi connectivity index (χ1v) is 6.79. The van der Waals surface area contributed by atoms with Crippen LogP contribution in [0.4, 0.5) is 65.9 Å². The molecule has 0 heterocycles. The molecule has 0 aliphatic rings. The summed E-state index contributed by atoms with van der Waals surface area (Å²) in [7, 11) is 0. The molecule has 0 aliphatic carbocycles. The number of ether oxygens (including phenoxy) is 2. The Labute approximate surface area is 160 Å². The Hall–Kier alpha value is -2.08. The van der Waals surface area contributed by atoms with Gasteiger partial charge in [0.1, 0.15) is 6.61 Å². The molecule has 0 saturated carbocycles. The van der Waals surface area contributed by atoms with E-state index < -0.39 is 66.8 Å². The van der Waals surface area contributed by atoms with E-state index in [0.29, 0.717) is 0 Å². The minimum Gasteiger partial charge on any atom is -0.475 e. The molecule has 0 spiro atoms. The number of carboxylic acid groups (broad SMARTS) is 1. The molecule has 0 saturated heterocycles. The van der Waals surface area contributed by atoms with Crippen molar-refractivity contribution in [2.75, 3.05) is 13.4 Å². The maximum atomic E-state index is 13.3. The fourth-order valence-electron chi connectivity index (χ4n) is 1.43. The molecule has 0 unspecified atom stereocenters. The lowest BCUT2D eigenvalue weighted by molar-refractivity contribution is -0.453. The van der Waals surface area contributed by atoms with E-state index in [2.05, 4.69) is 16.1 Å². The van der Waals surface area contributed by atoms with Crippen LogP contribution in [0.1, 0.15) is 0 Å². The van der Waals surface area contributed by atoms with Crippen molar-refractivity contribution in [2.24, 2.45) is 0 Å². The number of carboxylic acids is 1. The van der Waals surface area contributed by atoms with Gasteiger partial charge in [0.25, 0.3) is 0 Å². The van der Waals surface area contributed by atoms with Crippen LogP contribution in [-0.2, 0) is 14.3 Å². The van der Waals surface area contributed by atoms with Crippen LogP contribution in [0, 0.1) is 0 Å². The molecule has 0 radical (unpaired) electrons. The summed E-state index contributed by atoms with van der Waals surface area (Å²) in [5.74, 6) is -50.6. The van der Waals surface area contributed by atoms with Gasteiger partial charge in [-0.15, -0.1) is 0 Å². The van der Waals surface area contributed by atoms with Crippen molar-refractivity contribution in [1.29, 1.82) is 0 Å². The molecule has 0 aromatic heterocycles. The lowest BCUT2D eigenvalue weighted by Gasteiger charge is -2.41. The number of rotatable bonds is 11. The maximum Gasteiger partial charge on any atom is 0.460 e. The maximum absolute atomic E-state index is 13.3. The largest absolute Gasteiger partial charge is 0.475 e. The zero-order valence-electron chi connectivity index (χ0n) is 14.0. The second kappa shape index (κ2) is 8.12. The van der Waals surface area contributed by atoms with E-state index in [0.717, 1.165) is 0 Å². The second-order valence-corrected chi connectivity index (χ2v) is 5.41. The van der Waals surface area contributed by atoms with Gasteiger partial charge in [-0.2, -0.15) is 65.9 Å². The quantitative estimate of drug-likeness (QED) is 0.144. The molecular weight excluding hydrogens is 493 g/mol. The van der Waals surface area contributed by atoms with Crippen LogP contribution in [0.2, 0.25) is 0 Å². The van der Waals surface area contributed by atoms with Crippen molar-refractivity contribution >= 4 is 5.97 Å². The predicted octanol–water partition coefficient (Wildman–Crippen LogP) is 4.95. The summed E-state index contributed by atoms with van der Waals surface area (Å²) < 4.78 is 200. The predicted molar refractivity (Wildman–Crippen MR) is 64.4 cm³/mol. The van der Waals surface area contributed by atoms with Gasteiger partial charge in [0, 0.05) is 0 Å². The molecule has 184 valence electrons. The van der Waals surface area contributed by atoms with Gasteiger partial charge in [-0.1, -0.05) is 0 Å². The molecule has 0 aromatic carbocycles. The summed E-state index contributed by atoms with van der Waals surface area (Å²) in [6.07, 6.45) is -7.68. The number of alkyl halides is 15. The first kappa shape index (κ1) is 28.9. The molecule has 0 aliphatic heterocycles. The minimum absolute atomic E-state index is 1.29. The summed E-state index contributed by atoms with van der Waals surface area (Å²) in [4.78, 5) is 10.2. The molecule has 19 heteroatoms. The number of aliphatic carboxylic acids is 1. The van der Waals surface area contributed by atoms with E-state index in [1.165, 1.54) is 0 Å². The standard InChI is InChI=1S/C12H7F15O4/c1-4(5(28)29)31-3-30-2-6(13,14)7(15,16)8(17,18)9(19,20)10(21,22)11(23,24)12(25,26)27/h1-3H2,(H,28,29). The van der Waals surface area contributed by atoms with Crippen molar-refractivity contribution in [1.82, 2.24) is 0 Å². The molecule has 4 nitrogen and oxygen atoms in total. The number of hydrogen-bond acceptors (Lipinski definition) is 3. The number of hydrogen-bond donors (Lipinski definition) is 1. The van der Waals surface area contributed by atoms with Crippen LogP contribution in [0.5, 0.6) is 0 Å². The monoisotopic (exact) mass is 500 g/mol. The normalized spacial score (nSPS) is 15.1. The first-order valence-electron chi connectivity index (χ1n) is 6.79. The van der Waals surface area contributed by atoms with Crippen molar-refractivity contribution in [3.63, 3.8) is 0 Å². The zero-order chi connectivity index (χ0) is 25.5. The van der Waals surface area contributed by atoms with E-state index in [1.54, 1.807) is 0 Å². The minimum atomic E-state index is -8.39. The van der Waals surface area contributed by atoms with Crippen LogP contribution in [0.15, 0.2) is 12.3 Å². The third kappa shape index (κ3) is 4.59. The summed E-state index contributed by atoms with van der Waals surface area (Å²) in [6, 6.07) is 0. The van der Waals surface area contributed by atoms with E-state index >= 15 is 0 Å². The fourth-order valence-corrected chi connectivity index (χ4v) is 1.43. The van der Waals surface area contributed by atoms with Crippen molar-refractivity contribution in [2.45, 2.75) is 41.7 Å². The molecule has 0 fully saturated rings. The van der Waals surface area contributed by atoms with Crippen LogP contribution in [-0.4, -0.2) is 66.2 Å². The van der Waals surface area contributed by atoms with Crippen LogP contribution < -0.4 is 0 Å². The highest BCUT2D eigenvalue weighted by Gasteiger charge is 2.93. The number of halogens is 15. The summed E-state index contributed by atoms with van der Waals surface area (Å²) >= 11 is 0. The Balaban J connectivity index is 5.93.